The van der Waals surface area contributed by atoms with Crippen LogP contribution in [0.3, 0.4) is 0 Å². The zero-order valence-corrected chi connectivity index (χ0v) is 23.7. The van der Waals surface area contributed by atoms with E-state index < -0.39 is 11.6 Å². The number of pyridine rings is 1. The number of hydrogen-bond acceptors (Lipinski definition) is 5. The van der Waals surface area contributed by atoms with Crippen LogP contribution in [0.2, 0.25) is 5.02 Å². The van der Waals surface area contributed by atoms with Crippen LogP contribution in [0.4, 0.5) is 0 Å². The summed E-state index contributed by atoms with van der Waals surface area (Å²) >= 11 is 6.20. The maximum absolute atomic E-state index is 13.9. The van der Waals surface area contributed by atoms with Gasteiger partial charge in [0.1, 0.15) is 6.04 Å². The lowest BCUT2D eigenvalue weighted by Gasteiger charge is -2.33. The average molecular weight is 541 g/mol. The topological polar surface area (TPSA) is 79.7 Å². The highest BCUT2D eigenvalue weighted by molar-refractivity contribution is 6.30. The minimum atomic E-state index is -0.525. The molecule has 39 heavy (non-hydrogen) atoms. The number of hydrogen-bond donors (Lipinski definition) is 1. The van der Waals surface area contributed by atoms with E-state index in [0.29, 0.717) is 29.5 Å². The minimum Gasteiger partial charge on any atom is -0.321 e. The molecule has 7 nitrogen and oxygen atoms in total. The van der Waals surface area contributed by atoms with Crippen molar-refractivity contribution in [2.75, 3.05) is 0 Å². The number of fused-ring (bicyclic) bond motifs is 1. The molecule has 0 saturated heterocycles. The van der Waals surface area contributed by atoms with Gasteiger partial charge in [-0.1, -0.05) is 66.2 Å². The summed E-state index contributed by atoms with van der Waals surface area (Å²) in [7, 11) is 0. The van der Waals surface area contributed by atoms with Crippen LogP contribution in [-0.2, 0) is 18.6 Å². The second-order valence-electron chi connectivity index (χ2n) is 11.1. The second-order valence-corrected chi connectivity index (χ2v) is 11.5. The molecule has 5 rings (SSSR count). The molecule has 3 aromatic carbocycles. The highest BCUT2D eigenvalue weighted by Gasteiger charge is 2.33. The third-order valence-electron chi connectivity index (χ3n) is 7.03. The van der Waals surface area contributed by atoms with E-state index >= 15 is 0 Å². The summed E-state index contributed by atoms with van der Waals surface area (Å²) in [4.78, 5) is 19.3. The lowest BCUT2D eigenvalue weighted by molar-refractivity contribution is 0.184. The van der Waals surface area contributed by atoms with E-state index in [1.165, 1.54) is 0 Å². The van der Waals surface area contributed by atoms with Crippen molar-refractivity contribution < 1.29 is 0 Å². The number of tetrazole rings is 1. The van der Waals surface area contributed by atoms with Gasteiger partial charge in [-0.05, 0) is 85.5 Å². The molecule has 0 bridgehead atoms. The molecule has 2 aromatic heterocycles. The summed E-state index contributed by atoms with van der Waals surface area (Å²) in [5, 5.41) is 14.7. The van der Waals surface area contributed by atoms with E-state index in [0.717, 1.165) is 33.2 Å². The SMILES string of the molecule is Cc1ccc(C)c2[nH]c(=O)c([C@@H](c3nnnn3C(C)(C)C)N(Cc3ccccc3)Cc3ccc(Cl)cc3)cc12. The molecule has 1 N–H and O–H groups in total. The highest BCUT2D eigenvalue weighted by Crippen LogP contribution is 2.33. The molecule has 0 aliphatic heterocycles. The molecule has 0 radical (unpaired) electrons. The Bertz CT molecular complexity index is 1650. The van der Waals surface area contributed by atoms with Gasteiger partial charge in [-0.25, -0.2) is 4.68 Å². The van der Waals surface area contributed by atoms with Crippen molar-refractivity contribution in [1.29, 1.82) is 0 Å². The van der Waals surface area contributed by atoms with Crippen LogP contribution in [-0.4, -0.2) is 30.1 Å². The van der Waals surface area contributed by atoms with Crippen LogP contribution < -0.4 is 5.56 Å². The molecule has 200 valence electrons. The van der Waals surface area contributed by atoms with Crippen molar-refractivity contribution in [3.8, 4) is 0 Å². The van der Waals surface area contributed by atoms with Crippen LogP contribution in [0.5, 0.6) is 0 Å². The summed E-state index contributed by atoms with van der Waals surface area (Å²) in [6.07, 6.45) is 0. The van der Waals surface area contributed by atoms with Gasteiger partial charge in [0.05, 0.1) is 11.1 Å². The van der Waals surface area contributed by atoms with Gasteiger partial charge in [0, 0.05) is 29.1 Å². The minimum absolute atomic E-state index is 0.154. The molecule has 0 amide bonds. The summed E-state index contributed by atoms with van der Waals surface area (Å²) in [5.74, 6) is 0.613. The first kappa shape index (κ1) is 26.8. The second kappa shape index (κ2) is 10.8. The van der Waals surface area contributed by atoms with Gasteiger partial charge in [0.2, 0.25) is 0 Å². The highest BCUT2D eigenvalue weighted by atomic mass is 35.5. The Labute approximate surface area is 233 Å². The number of halogens is 1. The van der Waals surface area contributed by atoms with Gasteiger partial charge < -0.3 is 4.98 Å². The smallest absolute Gasteiger partial charge is 0.253 e. The predicted molar refractivity (Wildman–Crippen MR) is 156 cm³/mol. The molecule has 8 heteroatoms. The number of H-pyrrole nitrogens is 1. The first-order valence-electron chi connectivity index (χ1n) is 13.1. The van der Waals surface area contributed by atoms with Gasteiger partial charge in [-0.2, -0.15) is 0 Å². The zero-order valence-electron chi connectivity index (χ0n) is 22.9. The normalized spacial score (nSPS) is 12.8. The van der Waals surface area contributed by atoms with E-state index in [9.17, 15) is 4.79 Å². The fraction of sp³-hybridized carbons (Fsp3) is 0.290. The average Bonchev–Trinajstić information content (AvgIpc) is 3.39. The lowest BCUT2D eigenvalue weighted by Crippen LogP contribution is -2.37. The first-order chi connectivity index (χ1) is 18.6. The van der Waals surface area contributed by atoms with Crippen molar-refractivity contribution in [2.24, 2.45) is 0 Å². The van der Waals surface area contributed by atoms with Crippen molar-refractivity contribution in [3.63, 3.8) is 0 Å². The van der Waals surface area contributed by atoms with E-state index in [1.807, 2.05) is 66.2 Å². The molecule has 0 aliphatic carbocycles. The molecule has 0 fully saturated rings. The third kappa shape index (κ3) is 5.65. The van der Waals surface area contributed by atoms with Crippen molar-refractivity contribution in [1.82, 2.24) is 30.1 Å². The summed E-state index contributed by atoms with van der Waals surface area (Å²) in [6.45, 7) is 11.4. The molecular weight excluding hydrogens is 508 g/mol. The number of aromatic nitrogens is 5. The van der Waals surface area contributed by atoms with E-state index in [-0.39, 0.29) is 5.56 Å². The van der Waals surface area contributed by atoms with Gasteiger partial charge in [0.25, 0.3) is 5.56 Å². The number of nitrogens with one attached hydrogen (secondary N) is 1. The lowest BCUT2D eigenvalue weighted by atomic mass is 9.98. The van der Waals surface area contributed by atoms with Crippen LogP contribution in [0.15, 0.2) is 77.6 Å². The zero-order chi connectivity index (χ0) is 27.7. The first-order valence-corrected chi connectivity index (χ1v) is 13.4. The van der Waals surface area contributed by atoms with Crippen molar-refractivity contribution in [3.05, 3.63) is 122 Å². The molecule has 5 aromatic rings. The van der Waals surface area contributed by atoms with E-state index in [4.69, 9.17) is 11.6 Å². The van der Waals surface area contributed by atoms with Crippen molar-refractivity contribution in [2.45, 2.75) is 59.3 Å². The fourth-order valence-electron chi connectivity index (χ4n) is 5.02. The molecule has 0 unspecified atom stereocenters. The van der Waals surface area contributed by atoms with E-state index in [1.54, 1.807) is 0 Å². The van der Waals surface area contributed by atoms with Crippen LogP contribution in [0.1, 0.15) is 60.5 Å². The van der Waals surface area contributed by atoms with Gasteiger partial charge in [-0.15, -0.1) is 5.10 Å². The van der Waals surface area contributed by atoms with E-state index in [2.05, 4.69) is 71.3 Å². The quantitative estimate of drug-likeness (QED) is 0.261. The Balaban J connectivity index is 1.76. The Kier molecular flexibility index (Phi) is 7.38. The molecule has 0 aliphatic rings. The standard InChI is InChI=1S/C31H33ClN6O/c1-20-11-12-21(2)27-25(20)17-26(30(39)33-27)28(29-34-35-36-38(29)31(3,4)5)37(18-22-9-7-6-8-10-22)19-23-13-15-24(32)16-14-23/h6-17,28H,18-19H2,1-5H3,(H,33,39)/t28-/m0/s1. The largest absolute Gasteiger partial charge is 0.321 e. The molecule has 0 saturated carbocycles. The molecule has 1 atom stereocenters. The molecular formula is C31H33ClN6O. The van der Waals surface area contributed by atoms with Crippen LogP contribution >= 0.6 is 11.6 Å². The maximum Gasteiger partial charge on any atom is 0.253 e. The predicted octanol–water partition coefficient (Wildman–Crippen LogP) is 6.33. The third-order valence-corrected chi connectivity index (χ3v) is 7.29. The number of aromatic amines is 1. The number of rotatable bonds is 7. The van der Waals surface area contributed by atoms with Gasteiger partial charge >= 0.3 is 0 Å². The number of nitrogens with zero attached hydrogens (tertiary/aromatic N) is 5. The Hall–Kier alpha value is -3.81. The summed E-state index contributed by atoms with van der Waals surface area (Å²) in [6, 6.07) is 23.7. The Morgan fingerprint density at radius 3 is 2.23 bits per heavy atom. The van der Waals surface area contributed by atoms with Gasteiger partial charge in [-0.3, -0.25) is 9.69 Å². The molecule has 0 spiro atoms. The van der Waals surface area contributed by atoms with Crippen molar-refractivity contribution >= 4 is 22.5 Å². The Morgan fingerprint density at radius 1 is 0.923 bits per heavy atom. The van der Waals surface area contributed by atoms with Crippen LogP contribution in [0, 0.1) is 13.8 Å². The number of aryl methyl sites for hydroxylation is 2. The fourth-order valence-corrected chi connectivity index (χ4v) is 5.14. The van der Waals surface area contributed by atoms with Crippen LogP contribution in [0.25, 0.3) is 10.9 Å². The Morgan fingerprint density at radius 2 is 1.56 bits per heavy atom. The summed E-state index contributed by atoms with van der Waals surface area (Å²) in [5.41, 5.74) is 5.21. The monoisotopic (exact) mass is 540 g/mol. The molecule has 2 heterocycles. The summed E-state index contributed by atoms with van der Waals surface area (Å²) < 4.78 is 1.82. The van der Waals surface area contributed by atoms with Gasteiger partial charge in [0.15, 0.2) is 5.82 Å². The number of benzene rings is 3. The maximum atomic E-state index is 13.9.